The number of rotatable bonds is 8. The Morgan fingerprint density at radius 3 is 2.86 bits per heavy atom. The van der Waals surface area contributed by atoms with Crippen LogP contribution >= 0.6 is 0 Å². The highest BCUT2D eigenvalue weighted by Gasteiger charge is 2.12. The van der Waals surface area contributed by atoms with E-state index in [1.807, 2.05) is 29.7 Å². The first-order valence-electron chi connectivity index (χ1n) is 7.11. The van der Waals surface area contributed by atoms with Crippen molar-refractivity contribution in [2.45, 2.75) is 32.7 Å². The van der Waals surface area contributed by atoms with Crippen LogP contribution in [0.3, 0.4) is 0 Å². The number of benzene rings is 1. The molecule has 2 aromatic rings. The average molecular weight is 291 g/mol. The first kappa shape index (κ1) is 15.2. The summed E-state index contributed by atoms with van der Waals surface area (Å²) in [6, 6.07) is 6.33. The maximum atomic E-state index is 10.8. The van der Waals surface area contributed by atoms with Crippen molar-refractivity contribution in [2.24, 2.45) is 5.73 Å². The van der Waals surface area contributed by atoms with E-state index in [9.17, 15) is 4.79 Å². The van der Waals surface area contributed by atoms with Gasteiger partial charge in [0.15, 0.2) is 0 Å². The Morgan fingerprint density at radius 1 is 1.38 bits per heavy atom. The molecule has 1 amide bonds. The van der Waals surface area contributed by atoms with Crippen LogP contribution in [0.25, 0.3) is 11.0 Å². The first-order chi connectivity index (χ1) is 10.2. The van der Waals surface area contributed by atoms with Crippen LogP contribution < -0.4 is 15.2 Å². The van der Waals surface area contributed by atoms with Gasteiger partial charge < -0.3 is 15.2 Å². The second kappa shape index (κ2) is 6.97. The van der Waals surface area contributed by atoms with E-state index in [2.05, 4.69) is 4.98 Å². The Morgan fingerprint density at radius 2 is 2.19 bits per heavy atom. The predicted molar refractivity (Wildman–Crippen MR) is 80.5 cm³/mol. The molecule has 2 rings (SSSR count). The highest BCUT2D eigenvalue weighted by Crippen LogP contribution is 2.26. The lowest BCUT2D eigenvalue weighted by atomic mass is 10.2. The zero-order chi connectivity index (χ0) is 15.2. The molecule has 0 spiro atoms. The van der Waals surface area contributed by atoms with E-state index in [0.717, 1.165) is 36.2 Å². The Labute approximate surface area is 123 Å². The molecule has 0 fully saturated rings. The van der Waals surface area contributed by atoms with Crippen LogP contribution in [0.5, 0.6) is 11.8 Å². The molecule has 0 bridgehead atoms. The molecule has 0 atom stereocenters. The van der Waals surface area contributed by atoms with Crippen LogP contribution in [-0.2, 0) is 11.3 Å². The molecule has 1 aromatic heterocycles. The fraction of sp³-hybridized carbons (Fsp3) is 0.467. The number of amides is 1. The molecule has 1 heterocycles. The molecule has 0 aliphatic heterocycles. The summed E-state index contributed by atoms with van der Waals surface area (Å²) in [6.07, 6.45) is 2.00. The Bertz CT molecular complexity index is 622. The number of hydrogen-bond acceptors (Lipinski definition) is 4. The molecule has 2 N–H and O–H groups in total. The fourth-order valence-electron chi connectivity index (χ4n) is 2.23. The molecule has 114 valence electrons. The van der Waals surface area contributed by atoms with Gasteiger partial charge in [-0.15, -0.1) is 0 Å². The number of nitrogens with zero attached hydrogens (tertiary/aromatic N) is 2. The fourth-order valence-corrected chi connectivity index (χ4v) is 2.23. The predicted octanol–water partition coefficient (Wildman–Crippen LogP) is 2.10. The maximum Gasteiger partial charge on any atom is 0.297 e. The molecule has 0 saturated carbocycles. The van der Waals surface area contributed by atoms with Crippen molar-refractivity contribution in [1.29, 1.82) is 0 Å². The quantitative estimate of drug-likeness (QED) is 0.755. The lowest BCUT2D eigenvalue weighted by Crippen LogP contribution is -2.10. The van der Waals surface area contributed by atoms with Gasteiger partial charge in [-0.1, -0.05) is 0 Å². The van der Waals surface area contributed by atoms with Crippen LogP contribution in [0, 0.1) is 0 Å². The van der Waals surface area contributed by atoms with Crippen molar-refractivity contribution in [3.63, 3.8) is 0 Å². The van der Waals surface area contributed by atoms with Crippen LogP contribution in [0.1, 0.15) is 26.2 Å². The summed E-state index contributed by atoms with van der Waals surface area (Å²) in [5, 5.41) is 0. The zero-order valence-corrected chi connectivity index (χ0v) is 12.5. The molecular weight excluding hydrogens is 270 g/mol. The smallest absolute Gasteiger partial charge is 0.297 e. The highest BCUT2D eigenvalue weighted by atomic mass is 16.5. The molecule has 1 aromatic carbocycles. The molecular formula is C15H21N3O3. The average Bonchev–Trinajstić information content (AvgIpc) is 2.80. The van der Waals surface area contributed by atoms with Crippen molar-refractivity contribution in [2.75, 3.05) is 13.7 Å². The standard InChI is InChI=1S/C15H21N3O3/c1-3-21-15-17-12-8-7-11(20-2)10-13(12)18(15)9-5-4-6-14(16)19/h7-8,10H,3-6,9H2,1-2H3,(H2,16,19). The number of aryl methyl sites for hydroxylation is 1. The number of primary amides is 1. The number of methoxy groups -OCH3 is 1. The minimum atomic E-state index is -0.266. The molecule has 0 radical (unpaired) electrons. The third kappa shape index (κ3) is 3.65. The van der Waals surface area contributed by atoms with E-state index in [-0.39, 0.29) is 5.91 Å². The van der Waals surface area contributed by atoms with Gasteiger partial charge in [0.05, 0.1) is 24.8 Å². The summed E-state index contributed by atoms with van der Waals surface area (Å²) < 4.78 is 12.9. The number of hydrogen-bond donors (Lipinski definition) is 1. The lowest BCUT2D eigenvalue weighted by Gasteiger charge is -2.09. The van der Waals surface area contributed by atoms with Gasteiger partial charge in [-0.25, -0.2) is 0 Å². The van der Waals surface area contributed by atoms with E-state index >= 15 is 0 Å². The Kier molecular flexibility index (Phi) is 5.03. The van der Waals surface area contributed by atoms with Crippen molar-refractivity contribution in [1.82, 2.24) is 9.55 Å². The third-order valence-corrected chi connectivity index (χ3v) is 3.25. The van der Waals surface area contributed by atoms with Gasteiger partial charge in [0.1, 0.15) is 5.75 Å². The normalized spacial score (nSPS) is 10.8. The number of ether oxygens (including phenoxy) is 2. The van der Waals surface area contributed by atoms with E-state index < -0.39 is 0 Å². The van der Waals surface area contributed by atoms with Gasteiger partial charge in [-0.2, -0.15) is 4.98 Å². The van der Waals surface area contributed by atoms with Gasteiger partial charge in [-0.05, 0) is 31.9 Å². The summed E-state index contributed by atoms with van der Waals surface area (Å²) in [7, 11) is 1.64. The number of imidazole rings is 1. The molecule has 0 unspecified atom stereocenters. The lowest BCUT2D eigenvalue weighted by molar-refractivity contribution is -0.118. The summed E-state index contributed by atoms with van der Waals surface area (Å²) in [4.78, 5) is 15.3. The summed E-state index contributed by atoms with van der Waals surface area (Å²) in [5.74, 6) is 0.515. The SMILES string of the molecule is CCOc1nc2ccc(OC)cc2n1CCCCC(N)=O. The van der Waals surface area contributed by atoms with Gasteiger partial charge in [0.2, 0.25) is 5.91 Å². The number of fused-ring (bicyclic) bond motifs is 1. The third-order valence-electron chi connectivity index (χ3n) is 3.25. The van der Waals surface area contributed by atoms with Gasteiger partial charge >= 0.3 is 0 Å². The van der Waals surface area contributed by atoms with Crippen LogP contribution in [0.2, 0.25) is 0 Å². The molecule has 0 aliphatic carbocycles. The number of unbranched alkanes of at least 4 members (excludes halogenated alkanes) is 1. The number of nitrogens with two attached hydrogens (primary N) is 1. The van der Waals surface area contributed by atoms with Crippen molar-refractivity contribution < 1.29 is 14.3 Å². The van der Waals surface area contributed by atoms with E-state index in [1.54, 1.807) is 7.11 Å². The Balaban J connectivity index is 2.23. The largest absolute Gasteiger partial charge is 0.497 e. The summed E-state index contributed by atoms with van der Waals surface area (Å²) in [5.41, 5.74) is 7.00. The van der Waals surface area contributed by atoms with E-state index in [1.165, 1.54) is 0 Å². The van der Waals surface area contributed by atoms with E-state index in [0.29, 0.717) is 19.0 Å². The highest BCUT2D eigenvalue weighted by molar-refractivity contribution is 5.78. The van der Waals surface area contributed by atoms with Crippen LogP contribution in [0.15, 0.2) is 18.2 Å². The number of aromatic nitrogens is 2. The summed E-state index contributed by atoms with van der Waals surface area (Å²) >= 11 is 0. The molecule has 0 aliphatic rings. The Hall–Kier alpha value is -2.24. The summed E-state index contributed by atoms with van der Waals surface area (Å²) in [6.45, 7) is 3.21. The maximum absolute atomic E-state index is 10.8. The monoisotopic (exact) mass is 291 g/mol. The topological polar surface area (TPSA) is 79.4 Å². The van der Waals surface area contributed by atoms with Gasteiger partial charge in [0.25, 0.3) is 6.01 Å². The molecule has 6 nitrogen and oxygen atoms in total. The van der Waals surface area contributed by atoms with Crippen molar-refractivity contribution in [3.8, 4) is 11.8 Å². The van der Waals surface area contributed by atoms with Crippen molar-refractivity contribution >= 4 is 16.9 Å². The second-order valence-corrected chi connectivity index (χ2v) is 4.76. The first-order valence-corrected chi connectivity index (χ1v) is 7.11. The molecule has 21 heavy (non-hydrogen) atoms. The minimum Gasteiger partial charge on any atom is -0.497 e. The van der Waals surface area contributed by atoms with Crippen molar-refractivity contribution in [3.05, 3.63) is 18.2 Å². The van der Waals surface area contributed by atoms with Gasteiger partial charge in [-0.3, -0.25) is 9.36 Å². The molecule has 0 saturated heterocycles. The second-order valence-electron chi connectivity index (χ2n) is 4.76. The van der Waals surface area contributed by atoms with Gasteiger partial charge in [0, 0.05) is 19.0 Å². The molecule has 6 heteroatoms. The number of carbonyl (C=O) groups is 1. The van der Waals surface area contributed by atoms with E-state index in [4.69, 9.17) is 15.2 Å². The number of carbonyl (C=O) groups excluding carboxylic acids is 1. The zero-order valence-electron chi connectivity index (χ0n) is 12.5. The van der Waals surface area contributed by atoms with Crippen LogP contribution in [-0.4, -0.2) is 29.2 Å². The van der Waals surface area contributed by atoms with Crippen LogP contribution in [0.4, 0.5) is 0 Å². The minimum absolute atomic E-state index is 0.266.